The van der Waals surface area contributed by atoms with Crippen molar-refractivity contribution in [3.05, 3.63) is 24.2 Å². The van der Waals surface area contributed by atoms with Crippen LogP contribution in [0.2, 0.25) is 0 Å². The van der Waals surface area contributed by atoms with E-state index in [9.17, 15) is 13.2 Å². The topological polar surface area (TPSA) is 80.1 Å². The molecule has 3 rings (SSSR count). The van der Waals surface area contributed by atoms with Crippen LogP contribution in [0.4, 0.5) is 0 Å². The minimum atomic E-state index is -3.10. The largest absolute Gasteiger partial charge is 0.459 e. The molecule has 0 atom stereocenters. The van der Waals surface area contributed by atoms with E-state index in [0.717, 1.165) is 25.7 Å². The molecule has 2 fully saturated rings. The highest BCUT2D eigenvalue weighted by molar-refractivity contribution is 7.88. The van der Waals surface area contributed by atoms with Gasteiger partial charge in [0.25, 0.3) is 5.91 Å². The fraction of sp³-hybridized carbons (Fsp3) is 0.688. The van der Waals surface area contributed by atoms with E-state index in [4.69, 9.17) is 9.15 Å². The third-order valence-electron chi connectivity index (χ3n) is 4.72. The summed E-state index contributed by atoms with van der Waals surface area (Å²) in [5, 5.41) is 0. The van der Waals surface area contributed by atoms with Gasteiger partial charge in [-0.25, -0.2) is 12.7 Å². The van der Waals surface area contributed by atoms with Gasteiger partial charge >= 0.3 is 0 Å². The van der Waals surface area contributed by atoms with Crippen molar-refractivity contribution in [3.63, 3.8) is 0 Å². The summed E-state index contributed by atoms with van der Waals surface area (Å²) < 4.78 is 35.8. The van der Waals surface area contributed by atoms with Gasteiger partial charge in [-0.05, 0) is 37.8 Å². The highest BCUT2D eigenvalue weighted by Gasteiger charge is 2.30. The number of likely N-dealkylation sites (tertiary alicyclic amines) is 1. The molecule has 2 aliphatic heterocycles. The van der Waals surface area contributed by atoms with Gasteiger partial charge in [-0.15, -0.1) is 0 Å². The number of amides is 1. The molecular formula is C16H24N2O5S. The lowest BCUT2D eigenvalue weighted by Gasteiger charge is -2.36. The van der Waals surface area contributed by atoms with Gasteiger partial charge in [-0.2, -0.15) is 0 Å². The second-order valence-corrected chi connectivity index (χ2v) is 8.45. The molecule has 2 aliphatic rings. The average Bonchev–Trinajstić information content (AvgIpc) is 3.09. The average molecular weight is 356 g/mol. The van der Waals surface area contributed by atoms with Gasteiger partial charge < -0.3 is 14.1 Å². The minimum absolute atomic E-state index is 0.0695. The number of hydrogen-bond acceptors (Lipinski definition) is 5. The van der Waals surface area contributed by atoms with Crippen molar-refractivity contribution in [2.75, 3.05) is 32.4 Å². The van der Waals surface area contributed by atoms with Crippen molar-refractivity contribution in [3.8, 4) is 0 Å². The maximum Gasteiger partial charge on any atom is 0.289 e. The Bertz CT molecular complexity index is 642. The molecule has 0 bridgehead atoms. The van der Waals surface area contributed by atoms with Crippen LogP contribution in [0.3, 0.4) is 0 Å². The lowest BCUT2D eigenvalue weighted by molar-refractivity contribution is -0.0559. The van der Waals surface area contributed by atoms with Gasteiger partial charge in [-0.1, -0.05) is 0 Å². The van der Waals surface area contributed by atoms with Crippen LogP contribution in [0.15, 0.2) is 22.8 Å². The van der Waals surface area contributed by atoms with Gasteiger partial charge in [0, 0.05) is 26.2 Å². The molecule has 24 heavy (non-hydrogen) atoms. The third-order valence-corrected chi connectivity index (χ3v) is 6.02. The van der Waals surface area contributed by atoms with Crippen LogP contribution in [0, 0.1) is 0 Å². The van der Waals surface area contributed by atoms with Crippen LogP contribution in [0.25, 0.3) is 0 Å². The van der Waals surface area contributed by atoms with Gasteiger partial charge in [-0.3, -0.25) is 4.79 Å². The molecule has 0 aromatic carbocycles. The van der Waals surface area contributed by atoms with Crippen molar-refractivity contribution in [1.82, 2.24) is 9.21 Å². The lowest BCUT2D eigenvalue weighted by atomic mass is 10.1. The van der Waals surface area contributed by atoms with E-state index in [2.05, 4.69) is 0 Å². The summed E-state index contributed by atoms with van der Waals surface area (Å²) in [6, 6.07) is 3.40. The highest BCUT2D eigenvalue weighted by Crippen LogP contribution is 2.22. The van der Waals surface area contributed by atoms with Crippen LogP contribution in [-0.2, 0) is 14.8 Å². The monoisotopic (exact) mass is 356 g/mol. The van der Waals surface area contributed by atoms with Crippen LogP contribution >= 0.6 is 0 Å². The maximum absolute atomic E-state index is 12.2. The zero-order valence-corrected chi connectivity index (χ0v) is 14.7. The van der Waals surface area contributed by atoms with Crippen molar-refractivity contribution >= 4 is 15.9 Å². The molecule has 0 saturated carbocycles. The second kappa shape index (κ2) is 7.25. The maximum atomic E-state index is 12.2. The summed E-state index contributed by atoms with van der Waals surface area (Å²) in [6.45, 7) is 2.37. The standard InChI is InChI=1S/C16H24N2O5S/c1-24(20,21)18-10-6-14(7-11-18)23-13-4-8-17(9-5-13)16(19)15-3-2-12-22-15/h2-3,12-14H,4-11H2,1H3. The Morgan fingerprint density at radius 1 is 1.12 bits per heavy atom. The summed E-state index contributed by atoms with van der Waals surface area (Å²) in [6.07, 6.45) is 6.08. The highest BCUT2D eigenvalue weighted by atomic mass is 32.2. The zero-order chi connectivity index (χ0) is 17.2. The number of sulfonamides is 1. The molecule has 8 heteroatoms. The Labute approximate surface area is 142 Å². The van der Waals surface area contributed by atoms with E-state index in [1.54, 1.807) is 17.0 Å². The van der Waals surface area contributed by atoms with E-state index in [1.165, 1.54) is 16.8 Å². The summed E-state index contributed by atoms with van der Waals surface area (Å²) in [7, 11) is -3.10. The Morgan fingerprint density at radius 2 is 1.71 bits per heavy atom. The first-order valence-corrected chi connectivity index (χ1v) is 10.2. The quantitative estimate of drug-likeness (QED) is 0.813. The van der Waals surface area contributed by atoms with Crippen LogP contribution in [-0.4, -0.2) is 68.2 Å². The molecule has 1 amide bonds. The molecule has 0 unspecified atom stereocenters. The number of carbonyl (C=O) groups excluding carboxylic acids is 1. The SMILES string of the molecule is CS(=O)(=O)N1CCC(OC2CCN(C(=O)c3ccco3)CC2)CC1. The second-order valence-electron chi connectivity index (χ2n) is 6.47. The third kappa shape index (κ3) is 4.17. The number of nitrogens with zero attached hydrogens (tertiary/aromatic N) is 2. The van der Waals surface area contributed by atoms with E-state index in [1.807, 2.05) is 0 Å². The molecule has 1 aromatic rings. The first kappa shape index (κ1) is 17.4. The Balaban J connectivity index is 1.42. The first-order chi connectivity index (χ1) is 11.4. The van der Waals surface area contributed by atoms with Crippen LogP contribution in [0.1, 0.15) is 36.2 Å². The Kier molecular flexibility index (Phi) is 5.27. The van der Waals surface area contributed by atoms with Crippen molar-refractivity contribution in [2.45, 2.75) is 37.9 Å². The molecule has 0 aliphatic carbocycles. The zero-order valence-electron chi connectivity index (χ0n) is 13.9. The summed E-state index contributed by atoms with van der Waals surface area (Å²) in [4.78, 5) is 14.0. The fourth-order valence-electron chi connectivity index (χ4n) is 3.32. The predicted octanol–water partition coefficient (Wildman–Crippen LogP) is 1.32. The number of rotatable bonds is 4. The summed E-state index contributed by atoms with van der Waals surface area (Å²) in [5.74, 6) is 0.308. The van der Waals surface area contributed by atoms with Crippen molar-refractivity contribution in [1.29, 1.82) is 0 Å². The van der Waals surface area contributed by atoms with Gasteiger partial charge in [0.15, 0.2) is 5.76 Å². The van der Waals surface area contributed by atoms with Crippen LogP contribution < -0.4 is 0 Å². The minimum Gasteiger partial charge on any atom is -0.459 e. The number of piperidine rings is 2. The van der Waals surface area contributed by atoms with Crippen molar-refractivity contribution < 1.29 is 22.4 Å². The van der Waals surface area contributed by atoms with Gasteiger partial charge in [0.1, 0.15) is 0 Å². The lowest BCUT2D eigenvalue weighted by Crippen LogP contribution is -2.44. The molecule has 3 heterocycles. The smallest absolute Gasteiger partial charge is 0.289 e. The van der Waals surface area contributed by atoms with E-state index < -0.39 is 10.0 Å². The molecule has 2 saturated heterocycles. The van der Waals surface area contributed by atoms with Crippen molar-refractivity contribution in [2.24, 2.45) is 0 Å². The van der Waals surface area contributed by atoms with E-state index >= 15 is 0 Å². The molecule has 7 nitrogen and oxygen atoms in total. The van der Waals surface area contributed by atoms with Gasteiger partial charge in [0.2, 0.25) is 10.0 Å². The number of hydrogen-bond donors (Lipinski definition) is 0. The predicted molar refractivity (Wildman–Crippen MR) is 88.2 cm³/mol. The summed E-state index contributed by atoms with van der Waals surface area (Å²) in [5.41, 5.74) is 0. The molecule has 134 valence electrons. The molecule has 0 N–H and O–H groups in total. The Hall–Kier alpha value is -1.38. The van der Waals surface area contributed by atoms with Gasteiger partial charge in [0.05, 0.1) is 24.7 Å². The molecule has 0 spiro atoms. The van der Waals surface area contributed by atoms with E-state index in [-0.39, 0.29) is 18.1 Å². The van der Waals surface area contributed by atoms with E-state index in [0.29, 0.717) is 31.9 Å². The Morgan fingerprint density at radius 3 is 2.21 bits per heavy atom. The summed E-state index contributed by atoms with van der Waals surface area (Å²) >= 11 is 0. The normalized spacial score (nSPS) is 22.0. The molecule has 0 radical (unpaired) electrons. The van der Waals surface area contributed by atoms with Crippen LogP contribution in [0.5, 0.6) is 0 Å². The fourth-order valence-corrected chi connectivity index (χ4v) is 4.20. The number of ether oxygens (including phenoxy) is 1. The molecule has 1 aromatic heterocycles. The first-order valence-electron chi connectivity index (χ1n) is 8.37. The molecular weight excluding hydrogens is 332 g/mol. The number of carbonyl (C=O) groups is 1. The number of furan rings is 1.